The highest BCUT2D eigenvalue weighted by atomic mass is 79.9. The molecule has 1 aliphatic heterocycles. The summed E-state index contributed by atoms with van der Waals surface area (Å²) in [4.78, 5) is 12.7. The first-order valence-corrected chi connectivity index (χ1v) is 8.16. The van der Waals surface area contributed by atoms with Crippen LogP contribution in [-0.4, -0.2) is 18.2 Å². The van der Waals surface area contributed by atoms with Crippen LogP contribution in [0, 0.1) is 0 Å². The molecule has 3 rings (SSSR count). The van der Waals surface area contributed by atoms with Crippen LogP contribution in [0.2, 0.25) is 0 Å². The van der Waals surface area contributed by atoms with E-state index in [4.69, 9.17) is 0 Å². The molecule has 7 heteroatoms. The molecule has 0 atom stereocenters. The quantitative estimate of drug-likeness (QED) is 0.680. The molecule has 1 heterocycles. The van der Waals surface area contributed by atoms with Gasteiger partial charge in [0.15, 0.2) is 0 Å². The highest BCUT2D eigenvalue weighted by molar-refractivity contribution is 9.10. The standard InChI is InChI=1S/C18H13BrF2N2O2/c1-11-15(17(24)23(22-11)14-5-3-2-4-6-14)10-12-9-13(19)7-8-16(12)25-18(20)21/h2-10,18H,1H3/b15-10-. The molecule has 0 fully saturated rings. The fraction of sp³-hybridized carbons (Fsp3) is 0.111. The fourth-order valence-electron chi connectivity index (χ4n) is 2.42. The number of hydrogen-bond acceptors (Lipinski definition) is 3. The molecule has 2 aromatic rings. The summed E-state index contributed by atoms with van der Waals surface area (Å²) in [5, 5.41) is 5.55. The normalized spacial score (nSPS) is 15.9. The van der Waals surface area contributed by atoms with Crippen LogP contribution in [0.15, 0.2) is 63.7 Å². The van der Waals surface area contributed by atoms with E-state index in [2.05, 4.69) is 25.8 Å². The van der Waals surface area contributed by atoms with Crippen molar-refractivity contribution in [2.45, 2.75) is 13.5 Å². The number of hydrogen-bond donors (Lipinski definition) is 0. The third kappa shape index (κ3) is 3.76. The van der Waals surface area contributed by atoms with E-state index < -0.39 is 6.61 Å². The summed E-state index contributed by atoms with van der Waals surface area (Å²) in [6, 6.07) is 13.6. The Bertz CT molecular complexity index is 867. The van der Waals surface area contributed by atoms with E-state index in [0.29, 0.717) is 27.0 Å². The highest BCUT2D eigenvalue weighted by Gasteiger charge is 2.29. The van der Waals surface area contributed by atoms with Gasteiger partial charge in [0.05, 0.1) is 17.0 Å². The second-order valence-electron chi connectivity index (χ2n) is 5.26. The number of benzene rings is 2. The van der Waals surface area contributed by atoms with Crippen molar-refractivity contribution in [2.24, 2.45) is 5.10 Å². The number of hydrazone groups is 1. The molecule has 0 unspecified atom stereocenters. The third-order valence-electron chi connectivity index (χ3n) is 3.55. The smallest absolute Gasteiger partial charge is 0.387 e. The Morgan fingerprint density at radius 1 is 1.20 bits per heavy atom. The molecule has 0 radical (unpaired) electrons. The molecule has 0 aromatic heterocycles. The van der Waals surface area contributed by atoms with Crippen LogP contribution >= 0.6 is 15.9 Å². The van der Waals surface area contributed by atoms with Gasteiger partial charge in [0, 0.05) is 10.0 Å². The lowest BCUT2D eigenvalue weighted by atomic mass is 10.1. The van der Waals surface area contributed by atoms with Gasteiger partial charge in [0.1, 0.15) is 5.75 Å². The predicted octanol–water partition coefficient (Wildman–Crippen LogP) is 4.86. The van der Waals surface area contributed by atoms with Gasteiger partial charge in [0.2, 0.25) is 0 Å². The Balaban J connectivity index is 1.99. The summed E-state index contributed by atoms with van der Waals surface area (Å²) < 4.78 is 30.4. The number of halogens is 3. The maximum Gasteiger partial charge on any atom is 0.387 e. The second-order valence-corrected chi connectivity index (χ2v) is 6.17. The first-order valence-electron chi connectivity index (χ1n) is 7.37. The van der Waals surface area contributed by atoms with Gasteiger partial charge in [-0.1, -0.05) is 34.1 Å². The fourth-order valence-corrected chi connectivity index (χ4v) is 2.80. The summed E-state index contributed by atoms with van der Waals surface area (Å²) in [5.41, 5.74) is 1.81. The van der Waals surface area contributed by atoms with Gasteiger partial charge < -0.3 is 4.74 Å². The summed E-state index contributed by atoms with van der Waals surface area (Å²) in [6.45, 7) is -1.26. The average Bonchev–Trinajstić information content (AvgIpc) is 2.86. The molecule has 25 heavy (non-hydrogen) atoms. The Morgan fingerprint density at radius 2 is 1.92 bits per heavy atom. The van der Waals surface area contributed by atoms with Gasteiger partial charge in [-0.25, -0.2) is 0 Å². The largest absolute Gasteiger partial charge is 0.434 e. The van der Waals surface area contributed by atoms with Gasteiger partial charge in [-0.3, -0.25) is 4.79 Å². The molecule has 0 saturated carbocycles. The summed E-state index contributed by atoms with van der Waals surface area (Å²) >= 11 is 3.29. The van der Waals surface area contributed by atoms with Crippen LogP contribution in [-0.2, 0) is 4.79 Å². The van der Waals surface area contributed by atoms with E-state index in [1.807, 2.05) is 6.07 Å². The molecule has 128 valence electrons. The van der Waals surface area contributed by atoms with Crippen LogP contribution < -0.4 is 9.75 Å². The van der Waals surface area contributed by atoms with Crippen LogP contribution in [0.1, 0.15) is 12.5 Å². The number of nitrogens with zero attached hydrogens (tertiary/aromatic N) is 2. The van der Waals surface area contributed by atoms with Crippen LogP contribution in [0.5, 0.6) is 5.75 Å². The topological polar surface area (TPSA) is 41.9 Å². The molecule has 0 bridgehead atoms. The zero-order chi connectivity index (χ0) is 18.0. The van der Waals surface area contributed by atoms with E-state index in [1.54, 1.807) is 43.3 Å². The number of amides is 1. The maximum absolute atomic E-state index is 12.7. The van der Waals surface area contributed by atoms with Gasteiger partial charge >= 0.3 is 6.61 Å². The number of alkyl halides is 2. The second kappa shape index (κ2) is 7.14. The van der Waals surface area contributed by atoms with E-state index in [9.17, 15) is 13.6 Å². The minimum Gasteiger partial charge on any atom is -0.434 e. The van der Waals surface area contributed by atoms with Crippen molar-refractivity contribution in [1.82, 2.24) is 0 Å². The Labute approximate surface area is 151 Å². The van der Waals surface area contributed by atoms with Gasteiger partial charge in [-0.15, -0.1) is 0 Å². The summed E-state index contributed by atoms with van der Waals surface area (Å²) in [6.07, 6.45) is 1.51. The first kappa shape index (κ1) is 17.3. The Morgan fingerprint density at radius 3 is 2.60 bits per heavy atom. The van der Waals surface area contributed by atoms with Gasteiger partial charge in [0.25, 0.3) is 5.91 Å². The van der Waals surface area contributed by atoms with Crippen LogP contribution in [0.25, 0.3) is 6.08 Å². The predicted molar refractivity (Wildman–Crippen MR) is 95.8 cm³/mol. The summed E-state index contributed by atoms with van der Waals surface area (Å²) in [7, 11) is 0. The number of anilines is 1. The van der Waals surface area contributed by atoms with E-state index in [0.717, 1.165) is 0 Å². The number of carbonyl (C=O) groups excluding carboxylic acids is 1. The molecular formula is C18H13BrF2N2O2. The molecular weight excluding hydrogens is 394 g/mol. The molecule has 0 saturated heterocycles. The first-order chi connectivity index (χ1) is 12.0. The average molecular weight is 407 g/mol. The SMILES string of the molecule is CC1=NN(c2ccccc2)C(=O)/C1=C\c1cc(Br)ccc1OC(F)F. The van der Waals surface area contributed by atoms with Crippen molar-refractivity contribution in [3.8, 4) is 5.75 Å². The van der Waals surface area contributed by atoms with Crippen molar-refractivity contribution in [2.75, 3.05) is 5.01 Å². The lowest BCUT2D eigenvalue weighted by Crippen LogP contribution is -2.21. The van der Waals surface area contributed by atoms with Crippen molar-refractivity contribution in [3.05, 3.63) is 64.1 Å². The molecule has 2 aromatic carbocycles. The van der Waals surface area contributed by atoms with E-state index in [-0.39, 0.29) is 11.7 Å². The highest BCUT2D eigenvalue weighted by Crippen LogP contribution is 2.30. The lowest BCUT2D eigenvalue weighted by Gasteiger charge is -2.12. The Kier molecular flexibility index (Phi) is 4.94. The maximum atomic E-state index is 12.7. The number of para-hydroxylation sites is 1. The van der Waals surface area contributed by atoms with Gasteiger partial charge in [-0.2, -0.15) is 18.9 Å². The van der Waals surface area contributed by atoms with Crippen LogP contribution in [0.3, 0.4) is 0 Å². The lowest BCUT2D eigenvalue weighted by molar-refractivity contribution is -0.114. The molecule has 1 aliphatic rings. The zero-order valence-electron chi connectivity index (χ0n) is 13.1. The monoisotopic (exact) mass is 406 g/mol. The van der Waals surface area contributed by atoms with E-state index >= 15 is 0 Å². The number of carbonyl (C=O) groups is 1. The molecule has 0 aliphatic carbocycles. The minimum absolute atomic E-state index is 0.00976. The molecule has 1 amide bonds. The van der Waals surface area contributed by atoms with E-state index in [1.165, 1.54) is 17.2 Å². The van der Waals surface area contributed by atoms with Crippen molar-refractivity contribution >= 4 is 39.3 Å². The van der Waals surface area contributed by atoms with Crippen molar-refractivity contribution in [1.29, 1.82) is 0 Å². The molecule has 0 N–H and O–H groups in total. The molecule has 0 spiro atoms. The Hall–Kier alpha value is -2.54. The zero-order valence-corrected chi connectivity index (χ0v) is 14.7. The number of rotatable bonds is 4. The summed E-state index contributed by atoms with van der Waals surface area (Å²) in [5.74, 6) is -0.337. The molecule has 4 nitrogen and oxygen atoms in total. The third-order valence-corrected chi connectivity index (χ3v) is 4.04. The van der Waals surface area contributed by atoms with Crippen molar-refractivity contribution in [3.63, 3.8) is 0 Å². The minimum atomic E-state index is -2.95. The van der Waals surface area contributed by atoms with Gasteiger partial charge in [-0.05, 0) is 43.3 Å². The van der Waals surface area contributed by atoms with Crippen molar-refractivity contribution < 1.29 is 18.3 Å². The number of ether oxygens (including phenoxy) is 1. The van der Waals surface area contributed by atoms with Crippen LogP contribution in [0.4, 0.5) is 14.5 Å².